The predicted molar refractivity (Wildman–Crippen MR) is 85.4 cm³/mol. The van der Waals surface area contributed by atoms with Gasteiger partial charge in [0, 0.05) is 0 Å². The predicted octanol–water partition coefficient (Wildman–Crippen LogP) is 5.83. The van der Waals surface area contributed by atoms with Gasteiger partial charge in [0.2, 0.25) is 0 Å². The van der Waals surface area contributed by atoms with Crippen LogP contribution in [-0.2, 0) is 0 Å². The van der Waals surface area contributed by atoms with Crippen LogP contribution in [0.5, 0.6) is 0 Å². The Morgan fingerprint density at radius 3 is 2.55 bits per heavy atom. The lowest BCUT2D eigenvalue weighted by atomic mass is 9.43. The van der Waals surface area contributed by atoms with Crippen LogP contribution in [-0.4, -0.2) is 0 Å². The van der Waals surface area contributed by atoms with Gasteiger partial charge in [0.25, 0.3) is 0 Å². The summed E-state index contributed by atoms with van der Waals surface area (Å²) in [5.41, 5.74) is 1.74. The average molecular weight is 272 g/mol. The van der Waals surface area contributed by atoms with Crippen molar-refractivity contribution in [1.29, 1.82) is 0 Å². The van der Waals surface area contributed by atoms with Crippen LogP contribution >= 0.6 is 0 Å². The van der Waals surface area contributed by atoms with Gasteiger partial charge in [0.1, 0.15) is 0 Å². The molecule has 112 valence electrons. The molecule has 0 aliphatic heterocycles. The van der Waals surface area contributed by atoms with E-state index in [0.29, 0.717) is 10.8 Å². The smallest absolute Gasteiger partial charge is 0.00796 e. The second-order valence-electron chi connectivity index (χ2n) is 9.69. The van der Waals surface area contributed by atoms with Crippen LogP contribution < -0.4 is 0 Å². The summed E-state index contributed by atoms with van der Waals surface area (Å²) in [6.07, 6.45) is 15.7. The molecule has 6 atom stereocenters. The minimum Gasteiger partial charge on any atom is -0.0874 e. The zero-order chi connectivity index (χ0) is 14.2. The Bertz CT molecular complexity index is 441. The van der Waals surface area contributed by atoms with Crippen LogP contribution in [0.4, 0.5) is 0 Å². The molecule has 3 saturated carbocycles. The quantitative estimate of drug-likeness (QED) is 0.487. The standard InChI is InChI=1S/C20H32/c1-14-12-20-11-8-16-18(2,3)9-5-10-19(16,4)17(20)7-6-15(14)13-20/h5,10,14-17H,6-9,11-13H2,1-4H3. The van der Waals surface area contributed by atoms with Crippen LogP contribution in [0.2, 0.25) is 0 Å². The van der Waals surface area contributed by atoms with Gasteiger partial charge in [-0.15, -0.1) is 0 Å². The van der Waals surface area contributed by atoms with Crippen molar-refractivity contribution in [3.63, 3.8) is 0 Å². The maximum absolute atomic E-state index is 2.66. The number of rotatable bonds is 0. The summed E-state index contributed by atoms with van der Waals surface area (Å²) in [5, 5.41) is 0. The highest BCUT2D eigenvalue weighted by Gasteiger charge is 2.62. The first-order valence-corrected chi connectivity index (χ1v) is 9.05. The lowest BCUT2D eigenvalue weighted by molar-refractivity contribution is -0.0980. The van der Waals surface area contributed by atoms with Crippen molar-refractivity contribution in [3.8, 4) is 0 Å². The Balaban J connectivity index is 1.76. The van der Waals surface area contributed by atoms with E-state index < -0.39 is 0 Å². The lowest BCUT2D eigenvalue weighted by Gasteiger charge is -2.62. The Kier molecular flexibility index (Phi) is 2.63. The molecule has 0 aromatic heterocycles. The number of fused-ring (bicyclic) bond motifs is 3. The molecule has 3 fully saturated rings. The number of allylic oxidation sites excluding steroid dienone is 2. The van der Waals surface area contributed by atoms with E-state index >= 15 is 0 Å². The molecule has 0 radical (unpaired) electrons. The van der Waals surface area contributed by atoms with Crippen molar-refractivity contribution in [2.75, 3.05) is 0 Å². The molecule has 1 spiro atoms. The summed E-state index contributed by atoms with van der Waals surface area (Å²) in [5.74, 6) is 3.96. The van der Waals surface area contributed by atoms with Gasteiger partial charge >= 0.3 is 0 Å². The largest absolute Gasteiger partial charge is 0.0874 e. The van der Waals surface area contributed by atoms with Crippen molar-refractivity contribution in [2.24, 2.45) is 39.9 Å². The summed E-state index contributed by atoms with van der Waals surface area (Å²) < 4.78 is 0. The molecule has 0 N–H and O–H groups in total. The van der Waals surface area contributed by atoms with Gasteiger partial charge in [-0.25, -0.2) is 0 Å². The molecule has 0 heteroatoms. The maximum atomic E-state index is 2.66. The van der Waals surface area contributed by atoms with Crippen molar-refractivity contribution in [3.05, 3.63) is 12.2 Å². The van der Waals surface area contributed by atoms with E-state index in [0.717, 1.165) is 29.1 Å². The third-order valence-electron chi connectivity index (χ3n) is 8.26. The number of hydrogen-bond acceptors (Lipinski definition) is 0. The topological polar surface area (TPSA) is 0 Å². The Labute approximate surface area is 125 Å². The first-order valence-electron chi connectivity index (χ1n) is 9.05. The first kappa shape index (κ1) is 13.4. The Morgan fingerprint density at radius 1 is 0.950 bits per heavy atom. The maximum Gasteiger partial charge on any atom is -0.00796 e. The summed E-state index contributed by atoms with van der Waals surface area (Å²) in [7, 11) is 0. The van der Waals surface area contributed by atoms with Gasteiger partial charge in [-0.2, -0.15) is 0 Å². The van der Waals surface area contributed by atoms with E-state index in [-0.39, 0.29) is 0 Å². The molecule has 6 unspecified atom stereocenters. The molecule has 0 aromatic carbocycles. The fraction of sp³-hybridized carbons (Fsp3) is 0.900. The van der Waals surface area contributed by atoms with Crippen molar-refractivity contribution >= 4 is 0 Å². The molecular weight excluding hydrogens is 240 g/mol. The minimum absolute atomic E-state index is 0.495. The third kappa shape index (κ3) is 1.54. The van der Waals surface area contributed by atoms with Crippen LogP contribution in [0.15, 0.2) is 12.2 Å². The monoisotopic (exact) mass is 272 g/mol. The van der Waals surface area contributed by atoms with Crippen LogP contribution in [0, 0.1) is 39.9 Å². The van der Waals surface area contributed by atoms with Crippen molar-refractivity contribution in [1.82, 2.24) is 0 Å². The second-order valence-corrected chi connectivity index (χ2v) is 9.69. The molecule has 4 aliphatic carbocycles. The SMILES string of the molecule is CC1CC23CCC4C(C)(C)CC=CC4(C)C2CCC1C3. The highest BCUT2D eigenvalue weighted by Crippen LogP contribution is 2.71. The molecule has 20 heavy (non-hydrogen) atoms. The first-order chi connectivity index (χ1) is 9.37. The fourth-order valence-corrected chi connectivity index (χ4v) is 7.53. The van der Waals surface area contributed by atoms with Gasteiger partial charge in [0.05, 0.1) is 0 Å². The molecule has 0 heterocycles. The van der Waals surface area contributed by atoms with Gasteiger partial charge in [-0.1, -0.05) is 39.8 Å². The van der Waals surface area contributed by atoms with E-state index in [2.05, 4.69) is 39.8 Å². The second kappa shape index (κ2) is 3.93. The zero-order valence-corrected chi connectivity index (χ0v) is 13.9. The van der Waals surface area contributed by atoms with Gasteiger partial charge < -0.3 is 0 Å². The Morgan fingerprint density at radius 2 is 1.75 bits per heavy atom. The molecule has 4 rings (SSSR count). The normalized spacial score (nSPS) is 56.2. The summed E-state index contributed by atoms with van der Waals surface area (Å²) in [6, 6.07) is 0. The fourth-order valence-electron chi connectivity index (χ4n) is 7.53. The van der Waals surface area contributed by atoms with Gasteiger partial charge in [-0.3, -0.25) is 0 Å². The highest BCUT2D eigenvalue weighted by atomic mass is 14.7. The van der Waals surface area contributed by atoms with E-state index in [1.165, 1.54) is 32.1 Å². The molecular formula is C20H32. The number of hydrogen-bond donors (Lipinski definition) is 0. The van der Waals surface area contributed by atoms with Crippen LogP contribution in [0.1, 0.15) is 72.6 Å². The lowest BCUT2D eigenvalue weighted by Crippen LogP contribution is -2.54. The van der Waals surface area contributed by atoms with Crippen molar-refractivity contribution in [2.45, 2.75) is 72.6 Å². The van der Waals surface area contributed by atoms with Crippen LogP contribution in [0.3, 0.4) is 0 Å². The summed E-state index contributed by atoms with van der Waals surface area (Å²) in [6.45, 7) is 10.2. The van der Waals surface area contributed by atoms with Crippen LogP contribution in [0.25, 0.3) is 0 Å². The molecule has 4 aliphatic rings. The molecule has 2 bridgehead atoms. The van der Waals surface area contributed by atoms with E-state index in [1.807, 2.05) is 0 Å². The molecule has 0 aromatic rings. The van der Waals surface area contributed by atoms with Crippen molar-refractivity contribution < 1.29 is 0 Å². The van der Waals surface area contributed by atoms with Gasteiger partial charge in [0.15, 0.2) is 0 Å². The molecule has 0 nitrogen and oxygen atoms in total. The molecule has 0 amide bonds. The summed E-state index contributed by atoms with van der Waals surface area (Å²) in [4.78, 5) is 0. The zero-order valence-electron chi connectivity index (χ0n) is 13.9. The van der Waals surface area contributed by atoms with E-state index in [1.54, 1.807) is 12.8 Å². The van der Waals surface area contributed by atoms with E-state index in [9.17, 15) is 0 Å². The molecule has 0 saturated heterocycles. The minimum atomic E-state index is 0.495. The highest BCUT2D eigenvalue weighted by molar-refractivity contribution is 5.20. The summed E-state index contributed by atoms with van der Waals surface area (Å²) >= 11 is 0. The van der Waals surface area contributed by atoms with Gasteiger partial charge in [-0.05, 0) is 84.9 Å². The Hall–Kier alpha value is -0.260. The third-order valence-corrected chi connectivity index (χ3v) is 8.26. The average Bonchev–Trinajstić information content (AvgIpc) is 2.58. The van der Waals surface area contributed by atoms with E-state index in [4.69, 9.17) is 0 Å².